The first-order valence-electron chi connectivity index (χ1n) is 15.2. The predicted molar refractivity (Wildman–Crippen MR) is 185 cm³/mol. The SMILES string of the molecule is COc1cc(/C=c2/sc3n(c2=O)[C@@H](c2ccc(Cl)cc2)C2=C(N=3)c3ccccc3CC2)ccc1OCc1cccc2ccccc12. The van der Waals surface area contributed by atoms with Gasteiger partial charge in [-0.05, 0) is 81.8 Å². The van der Waals surface area contributed by atoms with Gasteiger partial charge in [-0.25, -0.2) is 4.99 Å². The van der Waals surface area contributed by atoms with Gasteiger partial charge in [-0.1, -0.05) is 108 Å². The number of allylic oxidation sites excluding steroid dienone is 1. The molecule has 2 aliphatic rings. The molecule has 0 unspecified atom stereocenters. The molecular formula is C39H29ClN2O3S. The Balaban J connectivity index is 1.18. The summed E-state index contributed by atoms with van der Waals surface area (Å²) in [5, 5.41) is 3.01. The van der Waals surface area contributed by atoms with Crippen LogP contribution in [0.5, 0.6) is 11.5 Å². The number of methoxy groups -OCH3 is 1. The van der Waals surface area contributed by atoms with Crippen molar-refractivity contribution in [2.24, 2.45) is 4.99 Å². The van der Waals surface area contributed by atoms with Gasteiger partial charge in [0.1, 0.15) is 6.61 Å². The fraction of sp³-hybridized carbons (Fsp3) is 0.128. The van der Waals surface area contributed by atoms with Crippen LogP contribution in [0, 0.1) is 0 Å². The van der Waals surface area contributed by atoms with E-state index in [9.17, 15) is 4.79 Å². The lowest BCUT2D eigenvalue weighted by Gasteiger charge is -2.30. The Kier molecular flexibility index (Phi) is 7.32. The highest BCUT2D eigenvalue weighted by Crippen LogP contribution is 2.41. The summed E-state index contributed by atoms with van der Waals surface area (Å²) in [6, 6.07) is 36.3. The maximum atomic E-state index is 14.2. The molecule has 1 atom stereocenters. The minimum absolute atomic E-state index is 0.0654. The van der Waals surface area contributed by atoms with Crippen molar-refractivity contribution in [3.63, 3.8) is 0 Å². The molecule has 0 amide bonds. The normalized spacial score (nSPS) is 15.6. The molecule has 5 nitrogen and oxygen atoms in total. The van der Waals surface area contributed by atoms with Crippen molar-refractivity contribution < 1.29 is 9.47 Å². The summed E-state index contributed by atoms with van der Waals surface area (Å²) in [5.41, 5.74) is 7.47. The second kappa shape index (κ2) is 11.8. The lowest BCUT2D eigenvalue weighted by Crippen LogP contribution is -2.38. The summed E-state index contributed by atoms with van der Waals surface area (Å²) in [6.45, 7) is 0.411. The number of rotatable bonds is 6. The third-order valence-corrected chi connectivity index (χ3v) is 10.0. The Hall–Kier alpha value is -4.91. The van der Waals surface area contributed by atoms with Crippen molar-refractivity contribution in [2.75, 3.05) is 7.11 Å². The number of hydrogen-bond donors (Lipinski definition) is 0. The van der Waals surface area contributed by atoms with E-state index in [2.05, 4.69) is 48.5 Å². The van der Waals surface area contributed by atoms with Gasteiger partial charge in [0, 0.05) is 10.6 Å². The lowest BCUT2D eigenvalue weighted by molar-refractivity contribution is 0.285. The Morgan fingerprint density at radius 2 is 1.72 bits per heavy atom. The Labute approximate surface area is 275 Å². The van der Waals surface area contributed by atoms with Gasteiger partial charge < -0.3 is 9.47 Å². The standard InChI is InChI=1S/C39H29ClN2O3S/c1-44-34-21-24(13-20-33(34)45-23-28-10-6-9-25-7-2-4-11-30(25)28)22-35-38(43)42-37(27-14-17-29(40)18-15-27)32-19-16-26-8-3-5-12-31(26)36(32)41-39(42)46-35/h2-15,17-18,20-22,37H,16,19,23H2,1H3/b35-22+/t37-/m0/s1. The quantitative estimate of drug-likeness (QED) is 0.187. The second-order valence-electron chi connectivity index (χ2n) is 11.5. The molecule has 1 aliphatic heterocycles. The third kappa shape index (κ3) is 5.04. The summed E-state index contributed by atoms with van der Waals surface area (Å²) < 4.78 is 14.4. The number of halogens is 1. The van der Waals surface area contributed by atoms with Crippen LogP contribution in [-0.4, -0.2) is 11.7 Å². The van der Waals surface area contributed by atoms with E-state index in [1.807, 2.05) is 71.3 Å². The zero-order valence-corrected chi connectivity index (χ0v) is 26.6. The molecule has 0 N–H and O–H groups in total. The highest BCUT2D eigenvalue weighted by Gasteiger charge is 2.32. The Morgan fingerprint density at radius 3 is 2.59 bits per heavy atom. The van der Waals surface area contributed by atoms with E-state index in [1.54, 1.807) is 7.11 Å². The van der Waals surface area contributed by atoms with Crippen LogP contribution in [0.3, 0.4) is 0 Å². The monoisotopic (exact) mass is 640 g/mol. The van der Waals surface area contributed by atoms with Crippen LogP contribution in [0.1, 0.15) is 40.3 Å². The highest BCUT2D eigenvalue weighted by molar-refractivity contribution is 7.07. The van der Waals surface area contributed by atoms with Crippen LogP contribution in [-0.2, 0) is 13.0 Å². The molecule has 0 saturated heterocycles. The molecule has 2 heterocycles. The molecule has 5 aromatic carbocycles. The molecule has 7 heteroatoms. The molecule has 0 saturated carbocycles. The topological polar surface area (TPSA) is 52.8 Å². The molecule has 0 fully saturated rings. The maximum Gasteiger partial charge on any atom is 0.271 e. The molecule has 46 heavy (non-hydrogen) atoms. The van der Waals surface area contributed by atoms with Crippen molar-refractivity contribution >= 4 is 45.5 Å². The average Bonchev–Trinajstić information content (AvgIpc) is 3.40. The smallest absolute Gasteiger partial charge is 0.271 e. The fourth-order valence-electron chi connectivity index (χ4n) is 6.59. The van der Waals surface area contributed by atoms with Gasteiger partial charge in [0.25, 0.3) is 5.56 Å². The molecule has 226 valence electrons. The van der Waals surface area contributed by atoms with Crippen LogP contribution in [0.25, 0.3) is 22.5 Å². The second-order valence-corrected chi connectivity index (χ2v) is 12.9. The summed E-state index contributed by atoms with van der Waals surface area (Å²) in [4.78, 5) is 20.0. The third-order valence-electron chi connectivity index (χ3n) is 8.81. The summed E-state index contributed by atoms with van der Waals surface area (Å²) >= 11 is 7.68. The lowest BCUT2D eigenvalue weighted by atomic mass is 9.83. The molecule has 0 spiro atoms. The average molecular weight is 641 g/mol. The zero-order valence-electron chi connectivity index (χ0n) is 25.1. The van der Waals surface area contributed by atoms with Gasteiger partial charge in [-0.3, -0.25) is 9.36 Å². The van der Waals surface area contributed by atoms with Crippen LogP contribution in [0.15, 0.2) is 125 Å². The van der Waals surface area contributed by atoms with E-state index in [1.165, 1.54) is 22.3 Å². The summed E-state index contributed by atoms with van der Waals surface area (Å²) in [5.74, 6) is 1.25. The van der Waals surface area contributed by atoms with Gasteiger partial charge in [0.2, 0.25) is 0 Å². The highest BCUT2D eigenvalue weighted by atomic mass is 35.5. The van der Waals surface area contributed by atoms with Crippen LogP contribution >= 0.6 is 22.9 Å². The first-order valence-corrected chi connectivity index (χ1v) is 16.4. The first-order chi connectivity index (χ1) is 22.6. The zero-order chi connectivity index (χ0) is 31.2. The molecule has 1 aromatic heterocycles. The molecule has 6 aromatic rings. The molecule has 0 radical (unpaired) electrons. The van der Waals surface area contributed by atoms with Crippen molar-refractivity contribution in [2.45, 2.75) is 25.5 Å². The van der Waals surface area contributed by atoms with E-state index >= 15 is 0 Å². The van der Waals surface area contributed by atoms with Gasteiger partial charge in [0.15, 0.2) is 16.3 Å². The van der Waals surface area contributed by atoms with Crippen molar-refractivity contribution in [3.05, 3.63) is 167 Å². The number of ether oxygens (including phenoxy) is 2. The van der Waals surface area contributed by atoms with Crippen LogP contribution < -0.4 is 24.4 Å². The van der Waals surface area contributed by atoms with Crippen LogP contribution in [0.2, 0.25) is 5.02 Å². The minimum Gasteiger partial charge on any atom is -0.493 e. The number of thiazole rings is 1. The molecule has 8 rings (SSSR count). The Bertz CT molecular complexity index is 2350. The minimum atomic E-state index is -0.251. The number of fused-ring (bicyclic) bond motifs is 4. The number of benzene rings is 5. The summed E-state index contributed by atoms with van der Waals surface area (Å²) in [7, 11) is 1.63. The Morgan fingerprint density at radius 1 is 0.913 bits per heavy atom. The number of hydrogen-bond acceptors (Lipinski definition) is 5. The fourth-order valence-corrected chi connectivity index (χ4v) is 7.71. The summed E-state index contributed by atoms with van der Waals surface area (Å²) in [6.07, 6.45) is 3.66. The van der Waals surface area contributed by atoms with Crippen molar-refractivity contribution in [3.8, 4) is 11.5 Å². The maximum absolute atomic E-state index is 14.2. The van der Waals surface area contributed by atoms with Gasteiger partial charge in [-0.15, -0.1) is 0 Å². The molecule has 1 aliphatic carbocycles. The van der Waals surface area contributed by atoms with E-state index < -0.39 is 0 Å². The van der Waals surface area contributed by atoms with Gasteiger partial charge in [0.05, 0.1) is 23.4 Å². The van der Waals surface area contributed by atoms with E-state index in [0.717, 1.165) is 51.8 Å². The largest absolute Gasteiger partial charge is 0.493 e. The predicted octanol–water partition coefficient (Wildman–Crippen LogP) is 7.71. The van der Waals surface area contributed by atoms with Crippen LogP contribution in [0.4, 0.5) is 0 Å². The molecule has 0 bridgehead atoms. The number of nitrogens with zero attached hydrogens (tertiary/aromatic N) is 2. The van der Waals surface area contributed by atoms with E-state index in [0.29, 0.717) is 32.5 Å². The van der Waals surface area contributed by atoms with Crippen molar-refractivity contribution in [1.29, 1.82) is 0 Å². The molecular weight excluding hydrogens is 612 g/mol. The number of aromatic nitrogens is 1. The van der Waals surface area contributed by atoms with Gasteiger partial charge in [-0.2, -0.15) is 0 Å². The van der Waals surface area contributed by atoms with E-state index in [4.69, 9.17) is 26.1 Å². The number of aryl methyl sites for hydroxylation is 1. The van der Waals surface area contributed by atoms with Crippen molar-refractivity contribution in [1.82, 2.24) is 4.57 Å². The first kappa shape index (κ1) is 28.6. The van der Waals surface area contributed by atoms with Gasteiger partial charge >= 0.3 is 0 Å². The van der Waals surface area contributed by atoms with E-state index in [-0.39, 0.29) is 11.6 Å².